The van der Waals surface area contributed by atoms with Gasteiger partial charge in [0.2, 0.25) is 0 Å². The van der Waals surface area contributed by atoms with Gasteiger partial charge in [-0.1, -0.05) is 0 Å². The third-order valence-corrected chi connectivity index (χ3v) is 2.96. The molecule has 0 aromatic rings. The molecule has 0 amide bonds. The van der Waals surface area contributed by atoms with Crippen LogP contribution in [-0.2, 0) is 9.47 Å². The van der Waals surface area contributed by atoms with E-state index in [0.717, 1.165) is 45.5 Å². The topological polar surface area (TPSA) is 38.7 Å². The van der Waals surface area contributed by atoms with Crippen molar-refractivity contribution in [3.63, 3.8) is 0 Å². The number of hydrogen-bond acceptors (Lipinski definition) is 3. The van der Waals surface area contributed by atoms with Gasteiger partial charge in [0.05, 0.1) is 11.7 Å². The second-order valence-corrected chi connectivity index (χ2v) is 3.68. The van der Waals surface area contributed by atoms with Crippen LogP contribution >= 0.6 is 0 Å². The average Bonchev–Trinajstić information content (AvgIpc) is 2.12. The summed E-state index contributed by atoms with van der Waals surface area (Å²) in [6, 6.07) is 0. The molecule has 0 radical (unpaired) electrons. The van der Waals surface area contributed by atoms with Crippen LogP contribution in [0.3, 0.4) is 0 Å². The molecular weight excluding hydrogens is 156 g/mol. The molecule has 0 aromatic carbocycles. The second kappa shape index (κ2) is 3.32. The highest BCUT2D eigenvalue weighted by molar-refractivity contribution is 4.92. The van der Waals surface area contributed by atoms with E-state index in [-0.39, 0.29) is 11.7 Å². The molecule has 2 fully saturated rings. The number of rotatable bonds is 0. The van der Waals surface area contributed by atoms with E-state index in [9.17, 15) is 5.11 Å². The Bertz CT molecular complexity index is 144. The van der Waals surface area contributed by atoms with Gasteiger partial charge < -0.3 is 14.6 Å². The average molecular weight is 172 g/mol. The fourth-order valence-electron chi connectivity index (χ4n) is 2.11. The van der Waals surface area contributed by atoms with E-state index in [2.05, 4.69) is 0 Å². The SMILES string of the molecule is OC1CCCOC12CCOCC2. The summed E-state index contributed by atoms with van der Waals surface area (Å²) in [5, 5.41) is 9.80. The molecule has 2 saturated heterocycles. The fourth-order valence-corrected chi connectivity index (χ4v) is 2.11. The van der Waals surface area contributed by atoms with Crippen LogP contribution in [0, 0.1) is 0 Å². The van der Waals surface area contributed by atoms with Crippen LogP contribution in [0.2, 0.25) is 0 Å². The van der Waals surface area contributed by atoms with Gasteiger partial charge in [0.15, 0.2) is 0 Å². The number of aliphatic hydroxyl groups excluding tert-OH is 1. The molecular formula is C9H16O3. The fraction of sp³-hybridized carbons (Fsp3) is 1.00. The van der Waals surface area contributed by atoms with Crippen molar-refractivity contribution in [1.29, 1.82) is 0 Å². The molecule has 12 heavy (non-hydrogen) atoms. The highest BCUT2D eigenvalue weighted by Crippen LogP contribution is 2.34. The van der Waals surface area contributed by atoms with Crippen LogP contribution in [0.15, 0.2) is 0 Å². The van der Waals surface area contributed by atoms with Gasteiger partial charge in [0, 0.05) is 32.7 Å². The molecule has 70 valence electrons. The zero-order valence-corrected chi connectivity index (χ0v) is 7.29. The second-order valence-electron chi connectivity index (χ2n) is 3.68. The van der Waals surface area contributed by atoms with Gasteiger partial charge in [-0.15, -0.1) is 0 Å². The van der Waals surface area contributed by atoms with Crippen LogP contribution in [0.25, 0.3) is 0 Å². The predicted octanol–water partition coefficient (Wildman–Crippen LogP) is 0.707. The molecule has 1 unspecified atom stereocenters. The molecule has 1 N–H and O–H groups in total. The van der Waals surface area contributed by atoms with Gasteiger partial charge in [0.25, 0.3) is 0 Å². The Balaban J connectivity index is 2.04. The van der Waals surface area contributed by atoms with Gasteiger partial charge in [-0.3, -0.25) is 0 Å². The molecule has 0 saturated carbocycles. The Morgan fingerprint density at radius 3 is 2.58 bits per heavy atom. The van der Waals surface area contributed by atoms with E-state index in [1.165, 1.54) is 0 Å². The van der Waals surface area contributed by atoms with Crippen molar-refractivity contribution in [2.75, 3.05) is 19.8 Å². The molecule has 0 aliphatic carbocycles. The molecule has 2 aliphatic heterocycles. The Labute approximate surface area is 72.7 Å². The first kappa shape index (κ1) is 8.48. The highest BCUT2D eigenvalue weighted by atomic mass is 16.5. The quantitative estimate of drug-likeness (QED) is 0.584. The summed E-state index contributed by atoms with van der Waals surface area (Å²) in [5.41, 5.74) is -0.253. The Hall–Kier alpha value is -0.120. The summed E-state index contributed by atoms with van der Waals surface area (Å²) in [6.07, 6.45) is 3.32. The highest BCUT2D eigenvalue weighted by Gasteiger charge is 2.42. The smallest absolute Gasteiger partial charge is 0.0983 e. The van der Waals surface area contributed by atoms with E-state index in [1.807, 2.05) is 0 Å². The summed E-state index contributed by atoms with van der Waals surface area (Å²) in [5.74, 6) is 0. The molecule has 2 aliphatic rings. The van der Waals surface area contributed by atoms with Crippen molar-refractivity contribution in [2.24, 2.45) is 0 Å². The molecule has 2 rings (SSSR count). The van der Waals surface area contributed by atoms with Crippen LogP contribution in [0.4, 0.5) is 0 Å². The molecule has 3 nitrogen and oxygen atoms in total. The maximum absolute atomic E-state index is 9.80. The molecule has 1 atom stereocenters. The lowest BCUT2D eigenvalue weighted by molar-refractivity contribution is -0.191. The van der Waals surface area contributed by atoms with E-state index < -0.39 is 0 Å². The Kier molecular flexibility index (Phi) is 2.35. The van der Waals surface area contributed by atoms with Crippen molar-refractivity contribution >= 4 is 0 Å². The van der Waals surface area contributed by atoms with E-state index in [1.54, 1.807) is 0 Å². The maximum atomic E-state index is 9.80. The lowest BCUT2D eigenvalue weighted by Crippen LogP contribution is -2.51. The lowest BCUT2D eigenvalue weighted by Gasteiger charge is -2.43. The van der Waals surface area contributed by atoms with Gasteiger partial charge in [-0.25, -0.2) is 0 Å². The predicted molar refractivity (Wildman–Crippen MR) is 44.0 cm³/mol. The van der Waals surface area contributed by atoms with Crippen molar-refractivity contribution < 1.29 is 14.6 Å². The number of hydrogen-bond donors (Lipinski definition) is 1. The minimum absolute atomic E-state index is 0.253. The maximum Gasteiger partial charge on any atom is 0.0983 e. The monoisotopic (exact) mass is 172 g/mol. The van der Waals surface area contributed by atoms with Crippen LogP contribution in [-0.4, -0.2) is 36.6 Å². The zero-order chi connectivity index (χ0) is 8.44. The normalized spacial score (nSPS) is 35.2. The third kappa shape index (κ3) is 1.37. The largest absolute Gasteiger partial charge is 0.390 e. The number of ether oxygens (including phenoxy) is 2. The summed E-state index contributed by atoms with van der Waals surface area (Å²) < 4.78 is 10.9. The molecule has 3 heteroatoms. The lowest BCUT2D eigenvalue weighted by atomic mass is 9.84. The summed E-state index contributed by atoms with van der Waals surface area (Å²) in [7, 11) is 0. The Morgan fingerprint density at radius 2 is 1.92 bits per heavy atom. The van der Waals surface area contributed by atoms with Gasteiger partial charge in [0.1, 0.15) is 0 Å². The van der Waals surface area contributed by atoms with Crippen LogP contribution in [0.5, 0.6) is 0 Å². The molecule has 2 heterocycles. The van der Waals surface area contributed by atoms with Crippen molar-refractivity contribution in [2.45, 2.75) is 37.4 Å². The van der Waals surface area contributed by atoms with Gasteiger partial charge in [-0.05, 0) is 12.8 Å². The van der Waals surface area contributed by atoms with E-state index in [0.29, 0.717) is 0 Å². The summed E-state index contributed by atoms with van der Waals surface area (Å²) in [6.45, 7) is 2.27. The molecule has 0 bridgehead atoms. The standard InChI is InChI=1S/C9H16O3/c10-8-2-1-5-12-9(8)3-6-11-7-4-9/h8,10H,1-7H2. The van der Waals surface area contributed by atoms with Crippen molar-refractivity contribution in [1.82, 2.24) is 0 Å². The number of aliphatic hydroxyl groups is 1. The minimum Gasteiger partial charge on any atom is -0.390 e. The first-order valence-corrected chi connectivity index (χ1v) is 4.73. The Morgan fingerprint density at radius 1 is 1.17 bits per heavy atom. The molecule has 1 spiro atoms. The molecule has 0 aromatic heterocycles. The third-order valence-electron chi connectivity index (χ3n) is 2.96. The summed E-state index contributed by atoms with van der Waals surface area (Å²) in [4.78, 5) is 0. The summed E-state index contributed by atoms with van der Waals surface area (Å²) >= 11 is 0. The first-order chi connectivity index (χ1) is 5.83. The first-order valence-electron chi connectivity index (χ1n) is 4.73. The van der Waals surface area contributed by atoms with Crippen molar-refractivity contribution in [3.05, 3.63) is 0 Å². The van der Waals surface area contributed by atoms with E-state index >= 15 is 0 Å². The zero-order valence-electron chi connectivity index (χ0n) is 7.29. The van der Waals surface area contributed by atoms with Crippen molar-refractivity contribution in [3.8, 4) is 0 Å². The van der Waals surface area contributed by atoms with Gasteiger partial charge in [-0.2, -0.15) is 0 Å². The van der Waals surface area contributed by atoms with Gasteiger partial charge >= 0.3 is 0 Å². The minimum atomic E-state index is -0.268. The van der Waals surface area contributed by atoms with E-state index in [4.69, 9.17) is 9.47 Å². The van der Waals surface area contributed by atoms with Crippen LogP contribution < -0.4 is 0 Å². The van der Waals surface area contributed by atoms with Crippen LogP contribution in [0.1, 0.15) is 25.7 Å².